The molecule has 0 bridgehead atoms. The normalized spacial score (nSPS) is 21.8. The molecule has 1 amide bonds. The average Bonchev–Trinajstić information content (AvgIpc) is 2.48. The highest BCUT2D eigenvalue weighted by Gasteiger charge is 2.21. The zero-order valence-corrected chi connectivity index (χ0v) is 12.8. The van der Waals surface area contributed by atoms with Crippen LogP contribution in [0.4, 0.5) is 5.69 Å². The highest BCUT2D eigenvalue weighted by atomic mass is 16.5. The molecular formula is C17H26N2O2. The van der Waals surface area contributed by atoms with E-state index in [4.69, 9.17) is 10.5 Å². The number of nitrogens with two attached hydrogens (primary N) is 1. The number of ether oxygens (including phenoxy) is 1. The summed E-state index contributed by atoms with van der Waals surface area (Å²) in [5, 5.41) is 3.04. The first-order valence-corrected chi connectivity index (χ1v) is 7.90. The number of anilines is 1. The van der Waals surface area contributed by atoms with Crippen molar-refractivity contribution in [3.05, 3.63) is 24.3 Å². The molecule has 4 heteroatoms. The quantitative estimate of drug-likeness (QED) is 0.792. The third kappa shape index (κ3) is 5.29. The number of hydrogen-bond donors (Lipinski definition) is 2. The van der Waals surface area contributed by atoms with Crippen LogP contribution in [0.25, 0.3) is 0 Å². The average molecular weight is 290 g/mol. The van der Waals surface area contributed by atoms with Gasteiger partial charge in [0.25, 0.3) is 0 Å². The summed E-state index contributed by atoms with van der Waals surface area (Å²) in [6.45, 7) is 3.50. The van der Waals surface area contributed by atoms with Gasteiger partial charge in [0.05, 0.1) is 13.0 Å². The Balaban J connectivity index is 1.62. The van der Waals surface area contributed by atoms with Gasteiger partial charge in [-0.25, -0.2) is 0 Å². The molecule has 4 nitrogen and oxygen atoms in total. The molecule has 0 radical (unpaired) electrons. The summed E-state index contributed by atoms with van der Waals surface area (Å²) in [7, 11) is 0. The molecule has 1 aliphatic rings. The van der Waals surface area contributed by atoms with Crippen LogP contribution in [0.2, 0.25) is 0 Å². The fourth-order valence-corrected chi connectivity index (χ4v) is 2.86. The number of nitrogens with one attached hydrogen (secondary N) is 1. The van der Waals surface area contributed by atoms with Crippen molar-refractivity contribution in [2.45, 2.75) is 39.0 Å². The van der Waals surface area contributed by atoms with Gasteiger partial charge >= 0.3 is 0 Å². The summed E-state index contributed by atoms with van der Waals surface area (Å²) < 4.78 is 5.53. The van der Waals surface area contributed by atoms with E-state index >= 15 is 0 Å². The van der Waals surface area contributed by atoms with Crippen molar-refractivity contribution in [2.24, 2.45) is 11.8 Å². The van der Waals surface area contributed by atoms with E-state index in [1.807, 2.05) is 12.1 Å². The standard InChI is InChI=1S/C17H26N2O2/c1-13-4-2-3-5-14(13)12-19-17(20)10-11-21-16-8-6-15(18)7-9-16/h6-9,13-14H,2-5,10-12,18H2,1H3,(H,19,20). The van der Waals surface area contributed by atoms with Crippen LogP contribution in [0.3, 0.4) is 0 Å². The first kappa shape index (κ1) is 15.7. The van der Waals surface area contributed by atoms with E-state index in [1.165, 1.54) is 25.7 Å². The van der Waals surface area contributed by atoms with E-state index in [-0.39, 0.29) is 5.91 Å². The van der Waals surface area contributed by atoms with Crippen molar-refractivity contribution in [3.63, 3.8) is 0 Å². The fourth-order valence-electron chi connectivity index (χ4n) is 2.86. The molecule has 1 aromatic carbocycles. The Kier molecular flexibility index (Phi) is 5.90. The van der Waals surface area contributed by atoms with Gasteiger partial charge in [-0.2, -0.15) is 0 Å². The van der Waals surface area contributed by atoms with Crippen LogP contribution in [0.1, 0.15) is 39.0 Å². The van der Waals surface area contributed by atoms with Gasteiger partial charge in [-0.1, -0.05) is 26.2 Å². The molecule has 0 saturated heterocycles. The second-order valence-corrected chi connectivity index (χ2v) is 5.99. The summed E-state index contributed by atoms with van der Waals surface area (Å²) in [6.07, 6.45) is 5.56. The molecule has 0 aliphatic heterocycles. The lowest BCUT2D eigenvalue weighted by Gasteiger charge is -2.28. The molecule has 1 aromatic rings. The number of hydrogen-bond acceptors (Lipinski definition) is 3. The first-order valence-electron chi connectivity index (χ1n) is 7.90. The molecule has 1 fully saturated rings. The van der Waals surface area contributed by atoms with E-state index < -0.39 is 0 Å². The Morgan fingerprint density at radius 3 is 2.71 bits per heavy atom. The maximum absolute atomic E-state index is 11.8. The SMILES string of the molecule is CC1CCCCC1CNC(=O)CCOc1ccc(N)cc1. The maximum atomic E-state index is 11.8. The van der Waals surface area contributed by atoms with Crippen molar-refractivity contribution < 1.29 is 9.53 Å². The number of carbonyl (C=O) groups excluding carboxylic acids is 1. The maximum Gasteiger partial charge on any atom is 0.223 e. The third-order valence-corrected chi connectivity index (χ3v) is 4.33. The second-order valence-electron chi connectivity index (χ2n) is 5.99. The molecule has 2 rings (SSSR count). The predicted octanol–water partition coefficient (Wildman–Crippen LogP) is 2.98. The van der Waals surface area contributed by atoms with Crippen molar-refractivity contribution >= 4 is 11.6 Å². The summed E-state index contributed by atoms with van der Waals surface area (Å²) in [6, 6.07) is 7.22. The van der Waals surface area contributed by atoms with Gasteiger partial charge in [-0.05, 0) is 42.5 Å². The number of nitrogen functional groups attached to an aromatic ring is 1. The minimum Gasteiger partial charge on any atom is -0.493 e. The number of carbonyl (C=O) groups is 1. The largest absolute Gasteiger partial charge is 0.493 e. The zero-order valence-electron chi connectivity index (χ0n) is 12.8. The van der Waals surface area contributed by atoms with Crippen molar-refractivity contribution in [1.82, 2.24) is 5.32 Å². The van der Waals surface area contributed by atoms with Gasteiger partial charge in [-0.3, -0.25) is 4.79 Å². The topological polar surface area (TPSA) is 64.3 Å². The van der Waals surface area contributed by atoms with Crippen LogP contribution in [-0.2, 0) is 4.79 Å². The highest BCUT2D eigenvalue weighted by molar-refractivity contribution is 5.75. The molecule has 116 valence electrons. The lowest BCUT2D eigenvalue weighted by molar-refractivity contribution is -0.121. The molecule has 2 unspecified atom stereocenters. The van der Waals surface area contributed by atoms with Crippen LogP contribution in [0, 0.1) is 11.8 Å². The van der Waals surface area contributed by atoms with Gasteiger partial charge in [0.2, 0.25) is 5.91 Å². The Bertz CT molecular complexity index is 445. The number of benzene rings is 1. The van der Waals surface area contributed by atoms with Crippen LogP contribution in [-0.4, -0.2) is 19.1 Å². The molecule has 2 atom stereocenters. The van der Waals surface area contributed by atoms with Gasteiger partial charge in [0, 0.05) is 12.2 Å². The van der Waals surface area contributed by atoms with E-state index in [1.54, 1.807) is 12.1 Å². The molecular weight excluding hydrogens is 264 g/mol. The molecule has 0 aromatic heterocycles. The fraction of sp³-hybridized carbons (Fsp3) is 0.588. The Morgan fingerprint density at radius 2 is 2.00 bits per heavy atom. The minimum atomic E-state index is 0.0724. The lowest BCUT2D eigenvalue weighted by Crippen LogP contribution is -2.34. The van der Waals surface area contributed by atoms with E-state index in [2.05, 4.69) is 12.2 Å². The number of rotatable bonds is 6. The van der Waals surface area contributed by atoms with Crippen molar-refractivity contribution in [3.8, 4) is 5.75 Å². The summed E-state index contributed by atoms with van der Waals surface area (Å²) in [4.78, 5) is 11.8. The third-order valence-electron chi connectivity index (χ3n) is 4.33. The minimum absolute atomic E-state index is 0.0724. The molecule has 1 aliphatic carbocycles. The molecule has 0 spiro atoms. The van der Waals surface area contributed by atoms with Gasteiger partial charge in [0.15, 0.2) is 0 Å². The molecule has 1 saturated carbocycles. The van der Waals surface area contributed by atoms with Crippen molar-refractivity contribution in [2.75, 3.05) is 18.9 Å². The van der Waals surface area contributed by atoms with Crippen LogP contribution >= 0.6 is 0 Å². The highest BCUT2D eigenvalue weighted by Crippen LogP contribution is 2.28. The van der Waals surface area contributed by atoms with Crippen LogP contribution in [0.15, 0.2) is 24.3 Å². The first-order chi connectivity index (χ1) is 10.1. The Labute approximate surface area is 127 Å². The van der Waals surface area contributed by atoms with Gasteiger partial charge < -0.3 is 15.8 Å². The molecule has 0 heterocycles. The van der Waals surface area contributed by atoms with Crippen LogP contribution < -0.4 is 15.8 Å². The van der Waals surface area contributed by atoms with Crippen LogP contribution in [0.5, 0.6) is 5.75 Å². The second kappa shape index (κ2) is 7.91. The predicted molar refractivity (Wildman–Crippen MR) is 85.1 cm³/mol. The molecule has 21 heavy (non-hydrogen) atoms. The molecule has 3 N–H and O–H groups in total. The lowest BCUT2D eigenvalue weighted by atomic mass is 9.80. The van der Waals surface area contributed by atoms with E-state index in [0.717, 1.165) is 18.2 Å². The Hall–Kier alpha value is -1.71. The summed E-state index contributed by atoms with van der Waals surface area (Å²) >= 11 is 0. The Morgan fingerprint density at radius 1 is 1.29 bits per heavy atom. The summed E-state index contributed by atoms with van der Waals surface area (Å²) in [5.41, 5.74) is 6.32. The number of amides is 1. The van der Waals surface area contributed by atoms with E-state index in [0.29, 0.717) is 24.6 Å². The monoisotopic (exact) mass is 290 g/mol. The van der Waals surface area contributed by atoms with Crippen molar-refractivity contribution in [1.29, 1.82) is 0 Å². The zero-order chi connectivity index (χ0) is 15.1. The summed E-state index contributed by atoms with van der Waals surface area (Å²) in [5.74, 6) is 2.19. The smallest absolute Gasteiger partial charge is 0.223 e. The van der Waals surface area contributed by atoms with Gasteiger partial charge in [-0.15, -0.1) is 0 Å². The van der Waals surface area contributed by atoms with Gasteiger partial charge in [0.1, 0.15) is 5.75 Å². The van der Waals surface area contributed by atoms with E-state index in [9.17, 15) is 4.79 Å².